The van der Waals surface area contributed by atoms with Gasteiger partial charge < -0.3 is 5.11 Å². The van der Waals surface area contributed by atoms with Gasteiger partial charge in [-0.05, 0) is 30.7 Å². The van der Waals surface area contributed by atoms with Gasteiger partial charge in [-0.25, -0.2) is 4.79 Å². The number of hydrogen-bond acceptors (Lipinski definition) is 2. The first-order valence-electron chi connectivity index (χ1n) is 4.90. The predicted molar refractivity (Wildman–Crippen MR) is 68.4 cm³/mol. The van der Waals surface area contributed by atoms with Gasteiger partial charge in [0.15, 0.2) is 0 Å². The van der Waals surface area contributed by atoms with Gasteiger partial charge in [0.1, 0.15) is 5.54 Å². The van der Waals surface area contributed by atoms with Gasteiger partial charge in [-0.15, -0.1) is 0 Å². The molecule has 17 heavy (non-hydrogen) atoms. The van der Waals surface area contributed by atoms with Crippen molar-refractivity contribution in [3.05, 3.63) is 45.5 Å². The van der Waals surface area contributed by atoms with Crippen molar-refractivity contribution in [3.63, 3.8) is 0 Å². The molecule has 0 amide bonds. The number of allylic oxidation sites excluding steroid dienone is 1. The highest BCUT2D eigenvalue weighted by Gasteiger charge is 2.27. The second-order valence-corrected chi connectivity index (χ2v) is 4.72. The normalized spacial score (nSPS) is 22.1. The van der Waals surface area contributed by atoms with E-state index in [1.54, 1.807) is 18.3 Å². The van der Waals surface area contributed by atoms with Gasteiger partial charge in [-0.1, -0.05) is 29.3 Å². The van der Waals surface area contributed by atoms with E-state index < -0.39 is 11.5 Å². The van der Waals surface area contributed by atoms with Crippen molar-refractivity contribution in [3.8, 4) is 0 Å². The molecule has 0 spiro atoms. The quantitative estimate of drug-likeness (QED) is 0.893. The fourth-order valence-corrected chi connectivity index (χ4v) is 2.36. The van der Waals surface area contributed by atoms with Crippen LogP contribution in [0.2, 0.25) is 10.0 Å². The molecule has 0 radical (unpaired) electrons. The molecule has 1 aliphatic rings. The fourth-order valence-electron chi connectivity index (χ4n) is 1.71. The molecule has 0 bridgehead atoms. The second kappa shape index (κ2) is 4.17. The van der Waals surface area contributed by atoms with E-state index in [0.29, 0.717) is 0 Å². The molecule has 1 heterocycles. The summed E-state index contributed by atoms with van der Waals surface area (Å²) in [4.78, 5) is 15.2. The first-order chi connectivity index (χ1) is 7.94. The second-order valence-electron chi connectivity index (χ2n) is 3.90. The molecule has 1 atom stereocenters. The third-order valence-corrected chi connectivity index (χ3v) is 3.29. The predicted octanol–water partition coefficient (Wildman–Crippen LogP) is 3.55. The van der Waals surface area contributed by atoms with E-state index in [9.17, 15) is 4.79 Å². The van der Waals surface area contributed by atoms with Crippen molar-refractivity contribution in [1.29, 1.82) is 0 Å². The topological polar surface area (TPSA) is 49.7 Å². The van der Waals surface area contributed by atoms with Gasteiger partial charge in [-0.3, -0.25) is 4.99 Å². The Bertz CT molecular complexity index is 514. The minimum Gasteiger partial charge on any atom is -0.478 e. The molecule has 0 aliphatic carbocycles. The van der Waals surface area contributed by atoms with Crippen LogP contribution in [0.25, 0.3) is 0 Å². The number of carboxylic acid groups (broad SMARTS) is 1. The SMILES string of the molecule is CC1(c2cc(Cl)c(C(=O)O)c(Cl)c2)C=CC=N1. The lowest BCUT2D eigenvalue weighted by molar-refractivity contribution is 0.0697. The van der Waals surface area contributed by atoms with E-state index in [-0.39, 0.29) is 15.6 Å². The summed E-state index contributed by atoms with van der Waals surface area (Å²) >= 11 is 11.9. The van der Waals surface area contributed by atoms with Crippen LogP contribution >= 0.6 is 23.2 Å². The first-order valence-corrected chi connectivity index (χ1v) is 5.65. The standard InChI is InChI=1S/C12H9Cl2NO2/c1-12(3-2-4-15-12)7-5-8(13)10(11(16)17)9(14)6-7/h2-6H,1H3,(H,16,17). The smallest absolute Gasteiger partial charge is 0.338 e. The Morgan fingerprint density at radius 1 is 1.35 bits per heavy atom. The minimum absolute atomic E-state index is 0.0772. The fraction of sp³-hybridized carbons (Fsp3) is 0.167. The van der Waals surface area contributed by atoms with Crippen LogP contribution in [0.5, 0.6) is 0 Å². The average molecular weight is 270 g/mol. The first kappa shape index (κ1) is 12.1. The third kappa shape index (κ3) is 2.08. The van der Waals surface area contributed by atoms with Gasteiger partial charge >= 0.3 is 5.97 Å². The Morgan fingerprint density at radius 2 is 1.94 bits per heavy atom. The molecule has 0 aromatic heterocycles. The van der Waals surface area contributed by atoms with Gasteiger partial charge in [0.25, 0.3) is 0 Å². The van der Waals surface area contributed by atoms with Crippen molar-refractivity contribution in [2.45, 2.75) is 12.5 Å². The van der Waals surface area contributed by atoms with Crippen LogP contribution in [0, 0.1) is 0 Å². The number of carbonyl (C=O) groups is 1. The Labute approximate surface area is 108 Å². The van der Waals surface area contributed by atoms with Gasteiger partial charge in [0, 0.05) is 6.21 Å². The number of benzene rings is 1. The maximum Gasteiger partial charge on any atom is 0.338 e. The van der Waals surface area contributed by atoms with E-state index in [2.05, 4.69) is 4.99 Å². The molecule has 0 saturated carbocycles. The van der Waals surface area contributed by atoms with Crippen molar-refractivity contribution in [1.82, 2.24) is 0 Å². The van der Waals surface area contributed by atoms with Crippen LogP contribution < -0.4 is 0 Å². The van der Waals surface area contributed by atoms with E-state index >= 15 is 0 Å². The zero-order chi connectivity index (χ0) is 12.6. The number of aliphatic imine (C=N–C) groups is 1. The lowest BCUT2D eigenvalue weighted by atomic mass is 9.92. The largest absolute Gasteiger partial charge is 0.478 e. The molecule has 1 aliphatic heterocycles. The van der Waals surface area contributed by atoms with Crippen LogP contribution in [0.4, 0.5) is 0 Å². The van der Waals surface area contributed by atoms with Gasteiger partial charge in [0.2, 0.25) is 0 Å². The summed E-state index contributed by atoms with van der Waals surface area (Å²) in [5.41, 5.74) is 0.166. The highest BCUT2D eigenvalue weighted by Crippen LogP contribution is 2.35. The lowest BCUT2D eigenvalue weighted by Crippen LogP contribution is -2.14. The van der Waals surface area contributed by atoms with Gasteiger partial charge in [-0.2, -0.15) is 0 Å². The van der Waals surface area contributed by atoms with Crippen molar-refractivity contribution in [2.24, 2.45) is 4.99 Å². The summed E-state index contributed by atoms with van der Waals surface area (Å²) < 4.78 is 0. The summed E-state index contributed by atoms with van der Waals surface area (Å²) in [6, 6.07) is 3.17. The molecule has 2 rings (SSSR count). The zero-order valence-corrected chi connectivity index (χ0v) is 10.5. The Balaban J connectivity index is 2.57. The summed E-state index contributed by atoms with van der Waals surface area (Å²) in [6.07, 6.45) is 5.41. The van der Waals surface area contributed by atoms with Crippen LogP contribution in [-0.4, -0.2) is 17.3 Å². The molecule has 1 aromatic carbocycles. The number of halogens is 2. The van der Waals surface area contributed by atoms with Crippen LogP contribution in [-0.2, 0) is 5.54 Å². The molecular formula is C12H9Cl2NO2. The van der Waals surface area contributed by atoms with E-state index in [0.717, 1.165) is 5.56 Å². The molecule has 1 unspecified atom stereocenters. The number of nitrogens with zero attached hydrogens (tertiary/aromatic N) is 1. The number of carboxylic acids is 1. The summed E-state index contributed by atoms with van der Waals surface area (Å²) in [5.74, 6) is -1.14. The number of aromatic carboxylic acids is 1. The number of hydrogen-bond donors (Lipinski definition) is 1. The Morgan fingerprint density at radius 3 is 2.35 bits per heavy atom. The molecule has 1 N–H and O–H groups in total. The van der Waals surface area contributed by atoms with Crippen LogP contribution in [0.15, 0.2) is 29.3 Å². The van der Waals surface area contributed by atoms with Gasteiger partial charge in [0.05, 0.1) is 15.6 Å². The van der Waals surface area contributed by atoms with E-state index in [1.807, 2.05) is 19.1 Å². The number of rotatable bonds is 2. The molecule has 3 nitrogen and oxygen atoms in total. The van der Waals surface area contributed by atoms with Crippen molar-refractivity contribution in [2.75, 3.05) is 0 Å². The van der Waals surface area contributed by atoms with E-state index in [4.69, 9.17) is 28.3 Å². The average Bonchev–Trinajstić information content (AvgIpc) is 2.64. The maximum atomic E-state index is 10.9. The third-order valence-electron chi connectivity index (χ3n) is 2.69. The van der Waals surface area contributed by atoms with Crippen molar-refractivity contribution < 1.29 is 9.90 Å². The summed E-state index contributed by atoms with van der Waals surface area (Å²) in [7, 11) is 0. The minimum atomic E-state index is -1.14. The van der Waals surface area contributed by atoms with E-state index in [1.165, 1.54) is 0 Å². The Kier molecular flexibility index (Phi) is 2.98. The van der Waals surface area contributed by atoms with Crippen LogP contribution in [0.3, 0.4) is 0 Å². The maximum absolute atomic E-state index is 10.9. The zero-order valence-electron chi connectivity index (χ0n) is 8.95. The summed E-state index contributed by atoms with van der Waals surface area (Å²) in [6.45, 7) is 1.90. The Hall–Kier alpha value is -1.32. The molecule has 0 saturated heterocycles. The molecular weight excluding hydrogens is 261 g/mol. The van der Waals surface area contributed by atoms with Crippen LogP contribution in [0.1, 0.15) is 22.8 Å². The summed E-state index contributed by atoms with van der Waals surface area (Å²) in [5, 5.41) is 9.20. The highest BCUT2D eigenvalue weighted by atomic mass is 35.5. The highest BCUT2D eigenvalue weighted by molar-refractivity contribution is 6.39. The molecule has 88 valence electrons. The molecule has 0 fully saturated rings. The molecule has 5 heteroatoms. The monoisotopic (exact) mass is 269 g/mol. The molecule has 1 aromatic rings. The lowest BCUT2D eigenvalue weighted by Gasteiger charge is -2.20. The van der Waals surface area contributed by atoms with Crippen molar-refractivity contribution >= 4 is 35.4 Å².